The molecule has 1 fully saturated rings. The highest BCUT2D eigenvalue weighted by molar-refractivity contribution is 5.99. The van der Waals surface area contributed by atoms with E-state index in [4.69, 9.17) is 0 Å². The van der Waals surface area contributed by atoms with E-state index in [9.17, 15) is 9.59 Å². The Kier molecular flexibility index (Phi) is 3.92. The van der Waals surface area contributed by atoms with E-state index < -0.39 is 5.41 Å². The van der Waals surface area contributed by atoms with Gasteiger partial charge in [0.25, 0.3) is 5.91 Å². The van der Waals surface area contributed by atoms with Crippen LogP contribution in [0, 0.1) is 5.41 Å². The Morgan fingerprint density at radius 2 is 1.87 bits per heavy atom. The average Bonchev–Trinajstić information content (AvgIpc) is 3.01. The monoisotopic (exact) mass is 310 g/mol. The predicted molar refractivity (Wildman–Crippen MR) is 90.3 cm³/mol. The predicted octanol–water partition coefficient (Wildman–Crippen LogP) is 3.45. The first kappa shape index (κ1) is 15.7. The van der Waals surface area contributed by atoms with Crippen molar-refractivity contribution in [1.82, 2.24) is 9.88 Å². The van der Waals surface area contributed by atoms with Crippen molar-refractivity contribution in [1.29, 1.82) is 0 Å². The van der Waals surface area contributed by atoms with Crippen molar-refractivity contribution in [2.24, 2.45) is 5.41 Å². The molecule has 1 amide bonds. The largest absolute Gasteiger partial charge is 0.327 e. The number of hydrogen-bond acceptors (Lipinski definition) is 3. The van der Waals surface area contributed by atoms with Gasteiger partial charge in [0.15, 0.2) is 5.78 Å². The number of benzene rings is 1. The van der Waals surface area contributed by atoms with Gasteiger partial charge in [-0.25, -0.2) is 4.98 Å². The third kappa shape index (κ3) is 2.98. The first-order valence-corrected chi connectivity index (χ1v) is 8.09. The van der Waals surface area contributed by atoms with Crippen molar-refractivity contribution in [2.75, 3.05) is 6.54 Å². The molecule has 1 saturated heterocycles. The van der Waals surface area contributed by atoms with E-state index in [1.54, 1.807) is 11.0 Å². The molecule has 23 heavy (non-hydrogen) atoms. The molecule has 4 nitrogen and oxygen atoms in total. The number of amides is 1. The van der Waals surface area contributed by atoms with Gasteiger partial charge in [0.1, 0.15) is 5.69 Å². The van der Waals surface area contributed by atoms with E-state index in [1.165, 1.54) is 0 Å². The zero-order valence-corrected chi connectivity index (χ0v) is 13.9. The quantitative estimate of drug-likeness (QED) is 0.853. The summed E-state index contributed by atoms with van der Waals surface area (Å²) in [5.41, 5.74) is 0.776. The van der Waals surface area contributed by atoms with Crippen LogP contribution in [-0.4, -0.2) is 34.2 Å². The zero-order valence-electron chi connectivity index (χ0n) is 13.9. The van der Waals surface area contributed by atoms with Crippen LogP contribution in [0.4, 0.5) is 0 Å². The number of carbonyl (C=O) groups excluding carboxylic acids is 2. The first-order valence-electron chi connectivity index (χ1n) is 8.09. The summed E-state index contributed by atoms with van der Waals surface area (Å²) in [6, 6.07) is 11.1. The topological polar surface area (TPSA) is 50.3 Å². The second kappa shape index (κ2) is 5.76. The number of para-hydroxylation sites is 1. The van der Waals surface area contributed by atoms with Crippen LogP contribution >= 0.6 is 0 Å². The van der Waals surface area contributed by atoms with Crippen molar-refractivity contribution in [2.45, 2.75) is 39.7 Å². The highest BCUT2D eigenvalue weighted by Crippen LogP contribution is 2.28. The third-order valence-corrected chi connectivity index (χ3v) is 4.37. The number of likely N-dealkylation sites (tertiary alicyclic amines) is 1. The lowest BCUT2D eigenvalue weighted by atomic mass is 9.85. The lowest BCUT2D eigenvalue weighted by Gasteiger charge is -2.28. The molecule has 0 unspecified atom stereocenters. The molecular formula is C19H22N2O2. The standard InChI is InChI=1S/C19H22N2O2/c1-19(2,3)17(22)16-9-6-12-21(16)18(23)15-11-10-13-7-4-5-8-14(13)20-15/h4-5,7-8,10-11,16H,6,9,12H2,1-3H3/t16-/m0/s1. The van der Waals surface area contributed by atoms with E-state index in [0.717, 1.165) is 23.7 Å². The Morgan fingerprint density at radius 1 is 1.13 bits per heavy atom. The molecule has 4 heteroatoms. The summed E-state index contributed by atoms with van der Waals surface area (Å²) in [5, 5.41) is 1.01. The fraction of sp³-hybridized carbons (Fsp3) is 0.421. The minimum Gasteiger partial charge on any atom is -0.327 e. The van der Waals surface area contributed by atoms with Gasteiger partial charge in [-0.3, -0.25) is 9.59 Å². The fourth-order valence-electron chi connectivity index (χ4n) is 3.11. The fourth-order valence-corrected chi connectivity index (χ4v) is 3.11. The van der Waals surface area contributed by atoms with Gasteiger partial charge in [0.2, 0.25) is 0 Å². The van der Waals surface area contributed by atoms with Crippen LogP contribution < -0.4 is 0 Å². The van der Waals surface area contributed by atoms with E-state index in [1.807, 2.05) is 51.1 Å². The number of aromatic nitrogens is 1. The van der Waals surface area contributed by atoms with E-state index in [-0.39, 0.29) is 17.7 Å². The second-order valence-electron chi connectivity index (χ2n) is 7.16. The summed E-state index contributed by atoms with van der Waals surface area (Å²) in [6.07, 6.45) is 1.61. The lowest BCUT2D eigenvalue weighted by molar-refractivity contribution is -0.130. The number of Topliss-reactive ketones (excluding diaryl/α,β-unsaturated/α-hetero) is 1. The first-order chi connectivity index (χ1) is 10.9. The highest BCUT2D eigenvalue weighted by atomic mass is 16.2. The van der Waals surface area contributed by atoms with Gasteiger partial charge < -0.3 is 4.90 Å². The van der Waals surface area contributed by atoms with Crippen molar-refractivity contribution in [3.8, 4) is 0 Å². The summed E-state index contributed by atoms with van der Waals surface area (Å²) in [6.45, 7) is 6.35. The van der Waals surface area contributed by atoms with Gasteiger partial charge in [0, 0.05) is 17.3 Å². The molecule has 0 saturated carbocycles. The van der Waals surface area contributed by atoms with Gasteiger partial charge in [-0.1, -0.05) is 45.0 Å². The van der Waals surface area contributed by atoms with Crippen LogP contribution in [-0.2, 0) is 4.79 Å². The SMILES string of the molecule is CC(C)(C)C(=O)[C@@H]1CCCN1C(=O)c1ccc2ccccc2n1. The smallest absolute Gasteiger partial charge is 0.273 e. The molecule has 0 aliphatic carbocycles. The molecule has 2 aromatic rings. The molecule has 2 heterocycles. The maximum atomic E-state index is 12.8. The van der Waals surface area contributed by atoms with E-state index in [0.29, 0.717) is 12.2 Å². The van der Waals surface area contributed by atoms with Crippen molar-refractivity contribution < 1.29 is 9.59 Å². The molecule has 1 aliphatic heterocycles. The lowest BCUT2D eigenvalue weighted by Crippen LogP contribution is -2.45. The summed E-state index contributed by atoms with van der Waals surface area (Å²) in [7, 11) is 0. The van der Waals surface area contributed by atoms with Crippen LogP contribution in [0.3, 0.4) is 0 Å². The normalized spacial score (nSPS) is 18.4. The average molecular weight is 310 g/mol. The number of fused-ring (bicyclic) bond motifs is 1. The van der Waals surface area contributed by atoms with Crippen LogP contribution in [0.25, 0.3) is 10.9 Å². The molecule has 1 aliphatic rings. The van der Waals surface area contributed by atoms with Crippen molar-refractivity contribution in [3.63, 3.8) is 0 Å². The Bertz CT molecular complexity index is 761. The molecule has 120 valence electrons. The van der Waals surface area contributed by atoms with Crippen LogP contribution in [0.5, 0.6) is 0 Å². The van der Waals surface area contributed by atoms with E-state index in [2.05, 4.69) is 4.98 Å². The molecule has 1 atom stereocenters. The number of pyridine rings is 1. The number of rotatable bonds is 2. The Labute approximate surface area is 136 Å². The summed E-state index contributed by atoms with van der Waals surface area (Å²) >= 11 is 0. The number of carbonyl (C=O) groups is 2. The maximum absolute atomic E-state index is 12.8. The van der Waals surface area contributed by atoms with Gasteiger partial charge in [-0.05, 0) is 25.0 Å². The van der Waals surface area contributed by atoms with Crippen LogP contribution in [0.15, 0.2) is 36.4 Å². The van der Waals surface area contributed by atoms with Gasteiger partial charge >= 0.3 is 0 Å². The summed E-state index contributed by atoms with van der Waals surface area (Å²) in [4.78, 5) is 31.6. The zero-order chi connectivity index (χ0) is 16.6. The van der Waals surface area contributed by atoms with Gasteiger partial charge in [-0.15, -0.1) is 0 Å². The number of ketones is 1. The van der Waals surface area contributed by atoms with Crippen molar-refractivity contribution in [3.05, 3.63) is 42.1 Å². The minimum atomic E-state index is -0.440. The number of hydrogen-bond donors (Lipinski definition) is 0. The van der Waals surface area contributed by atoms with Crippen LogP contribution in [0.2, 0.25) is 0 Å². The molecule has 1 aromatic carbocycles. The van der Waals surface area contributed by atoms with Crippen LogP contribution in [0.1, 0.15) is 44.1 Å². The molecule has 0 N–H and O–H groups in total. The summed E-state index contributed by atoms with van der Waals surface area (Å²) in [5.74, 6) is -0.0139. The molecule has 1 aromatic heterocycles. The van der Waals surface area contributed by atoms with Crippen molar-refractivity contribution >= 4 is 22.6 Å². The Hall–Kier alpha value is -2.23. The maximum Gasteiger partial charge on any atom is 0.273 e. The van der Waals surface area contributed by atoms with Gasteiger partial charge in [-0.2, -0.15) is 0 Å². The highest BCUT2D eigenvalue weighted by Gasteiger charge is 2.39. The Balaban J connectivity index is 1.90. The third-order valence-electron chi connectivity index (χ3n) is 4.37. The molecule has 3 rings (SSSR count). The molecule has 0 spiro atoms. The van der Waals surface area contributed by atoms with Gasteiger partial charge in [0.05, 0.1) is 11.6 Å². The Morgan fingerprint density at radius 3 is 2.61 bits per heavy atom. The molecule has 0 radical (unpaired) electrons. The minimum absolute atomic E-state index is 0.129. The molecule has 0 bridgehead atoms. The molecular weight excluding hydrogens is 288 g/mol. The summed E-state index contributed by atoms with van der Waals surface area (Å²) < 4.78 is 0. The second-order valence-corrected chi connectivity index (χ2v) is 7.16. The number of nitrogens with zero attached hydrogens (tertiary/aromatic N) is 2. The van der Waals surface area contributed by atoms with E-state index >= 15 is 0 Å².